The second-order valence-corrected chi connectivity index (χ2v) is 13.6. The molecule has 46 heavy (non-hydrogen) atoms. The van der Waals surface area contributed by atoms with Crippen LogP contribution in [0.4, 0.5) is 5.69 Å². The van der Waals surface area contributed by atoms with E-state index in [-0.39, 0.29) is 35.7 Å². The first-order chi connectivity index (χ1) is 21.6. The van der Waals surface area contributed by atoms with E-state index in [1.165, 1.54) is 24.3 Å². The number of hydrogen-bond donors (Lipinski definition) is 6. The summed E-state index contributed by atoms with van der Waals surface area (Å²) in [5.41, 5.74) is 0.455. The lowest BCUT2D eigenvalue weighted by atomic mass is 10.1. The third-order valence-electron chi connectivity index (χ3n) is 8.49. The minimum atomic E-state index is -3.85. The standard InChI is InChI=1S/C28H36N8O8S2/c1-19-35-13-12-34(16-26(39)40)24(35)18-36(19,17-23-32(2)10-11-33(23)15-25(37)38)14-4-3-5-22(27(41)42)31-28(45)30-20-6-8-21(9-7-20)46(29,43)44/h6-9,11-13,19,22H,3-5,10,14-18H2,1-2H3,(H3-4,29,30,31,37,38,39,40,41,42,43,44,45)/p+4. The lowest BCUT2D eigenvalue weighted by Gasteiger charge is -2.33. The predicted molar refractivity (Wildman–Crippen MR) is 168 cm³/mol. The van der Waals surface area contributed by atoms with Crippen LogP contribution in [0.15, 0.2) is 41.6 Å². The zero-order chi connectivity index (χ0) is 33.8. The van der Waals surface area contributed by atoms with Crippen LogP contribution in [0.25, 0.3) is 0 Å². The number of aliphatic carboxylic acids is 3. The summed E-state index contributed by atoms with van der Waals surface area (Å²) in [4.78, 5) is 35.1. The Morgan fingerprint density at radius 2 is 1.80 bits per heavy atom. The van der Waals surface area contributed by atoms with E-state index in [4.69, 9.17) is 17.4 Å². The minimum absolute atomic E-state index is 0.0604. The molecule has 18 heteroatoms. The number of unbranched alkanes of at least 4 members (excludes halogenated alkanes) is 1. The van der Waals surface area contributed by atoms with Gasteiger partial charge in [-0.2, -0.15) is 9.14 Å². The zero-order valence-electron chi connectivity index (χ0n) is 25.6. The van der Waals surface area contributed by atoms with Crippen molar-refractivity contribution in [1.82, 2.24) is 9.88 Å². The molecule has 2 aliphatic rings. The number of nitrogens with two attached hydrogens (primary N) is 1. The van der Waals surface area contributed by atoms with Crippen molar-refractivity contribution in [2.75, 3.05) is 38.5 Å². The summed E-state index contributed by atoms with van der Waals surface area (Å²) >= 11 is 5.31. The summed E-state index contributed by atoms with van der Waals surface area (Å²) in [6.45, 7) is 3.91. The molecule has 16 nitrogen and oxygen atoms in total. The second kappa shape index (κ2) is 14.0. The number of primary sulfonamides is 1. The number of amidine groups is 1. The summed E-state index contributed by atoms with van der Waals surface area (Å²) in [6.07, 6.45) is 6.80. The van der Waals surface area contributed by atoms with Crippen LogP contribution in [0.1, 0.15) is 38.2 Å². The Morgan fingerprint density at radius 3 is 2.41 bits per heavy atom. The molecule has 3 heterocycles. The van der Waals surface area contributed by atoms with Crippen molar-refractivity contribution in [3.8, 4) is 0 Å². The Labute approximate surface area is 271 Å². The number of rotatable bonds is 15. The third-order valence-corrected chi connectivity index (χ3v) is 9.64. The quantitative estimate of drug-likeness (QED) is 0.0593. The zero-order valence-corrected chi connectivity index (χ0v) is 27.2. The first kappa shape index (κ1) is 34.6. The fraction of sp³-hybridized carbons (Fsp3) is 0.464. The molecule has 1 aromatic carbocycles. The molecule has 2 aliphatic heterocycles. The number of carbonyl (C=O) groups is 3. The number of aromatic nitrogens is 2. The summed E-state index contributed by atoms with van der Waals surface area (Å²) in [6, 6.07) is 4.57. The number of carboxylic acids is 3. The minimum Gasteiger partial charge on any atom is -0.480 e. The van der Waals surface area contributed by atoms with Crippen LogP contribution < -0.4 is 20.3 Å². The number of nitrogens with one attached hydrogen (secondary N) is 2. The molecule has 0 amide bonds. The summed E-state index contributed by atoms with van der Waals surface area (Å²) in [7, 11) is -1.95. The van der Waals surface area contributed by atoms with Gasteiger partial charge in [-0.25, -0.2) is 32.5 Å². The van der Waals surface area contributed by atoms with Gasteiger partial charge >= 0.3 is 29.6 Å². The molecular formula is C28H40N8O8S2+4. The highest BCUT2D eigenvalue weighted by molar-refractivity contribution is 7.89. The van der Waals surface area contributed by atoms with Gasteiger partial charge in [-0.3, -0.25) is 4.48 Å². The molecule has 0 aliphatic carbocycles. The number of quaternary nitrogens is 1. The molecule has 2 aromatic rings. The van der Waals surface area contributed by atoms with Crippen molar-refractivity contribution in [3.63, 3.8) is 0 Å². The largest absolute Gasteiger partial charge is 0.480 e. The van der Waals surface area contributed by atoms with E-state index in [9.17, 15) is 38.1 Å². The lowest BCUT2D eigenvalue weighted by Crippen LogP contribution is -2.54. The molecule has 0 saturated carbocycles. The van der Waals surface area contributed by atoms with Crippen LogP contribution in [0.3, 0.4) is 0 Å². The Hall–Kier alpha value is -4.26. The van der Waals surface area contributed by atoms with Gasteiger partial charge in [-0.1, -0.05) is 0 Å². The Balaban J connectivity index is 1.44. The lowest BCUT2D eigenvalue weighted by molar-refractivity contribution is -0.966. The Kier molecular flexibility index (Phi) is 10.5. The van der Waals surface area contributed by atoms with Gasteiger partial charge in [0.2, 0.25) is 35.5 Å². The molecule has 7 N–H and O–H groups in total. The maximum Gasteiger partial charge on any atom is 0.469 e. The summed E-state index contributed by atoms with van der Waals surface area (Å²) in [5, 5.41) is 39.7. The molecule has 248 valence electrons. The molecule has 4 rings (SSSR count). The Bertz CT molecular complexity index is 1700. The average molecular weight is 681 g/mol. The highest BCUT2D eigenvalue weighted by atomic mass is 32.2. The van der Waals surface area contributed by atoms with E-state index >= 15 is 0 Å². The van der Waals surface area contributed by atoms with Gasteiger partial charge < -0.3 is 26.0 Å². The maximum atomic E-state index is 12.1. The molecule has 0 saturated heterocycles. The van der Waals surface area contributed by atoms with Crippen molar-refractivity contribution in [2.45, 2.75) is 56.4 Å². The summed E-state index contributed by atoms with van der Waals surface area (Å²) in [5.74, 6) is -1.28. The number of thiocarbonyl (C=S) groups is 1. The van der Waals surface area contributed by atoms with E-state index in [2.05, 4.69) is 22.1 Å². The number of hydrogen-bond acceptors (Lipinski definition) is 6. The van der Waals surface area contributed by atoms with Gasteiger partial charge in [-0.15, -0.1) is 4.58 Å². The van der Waals surface area contributed by atoms with Crippen molar-refractivity contribution < 1.29 is 56.3 Å². The molecular weight excluding hydrogens is 640 g/mol. The smallest absolute Gasteiger partial charge is 0.469 e. The first-order valence-corrected chi connectivity index (χ1v) is 16.5. The maximum absolute atomic E-state index is 12.1. The molecule has 0 fully saturated rings. The van der Waals surface area contributed by atoms with Crippen molar-refractivity contribution in [1.29, 1.82) is 0 Å². The SMILES string of the molecule is CC1n2cc[n+](CC(=O)O)c2C[N+]1(CCCCC(NC(=S)Nc1ccc(S(N)(=O)=O)cc1)C(=O)O)CC1=[N+](C)CC=[N+]1CC(=O)O. The van der Waals surface area contributed by atoms with Gasteiger partial charge in [0.15, 0.2) is 18.2 Å². The van der Waals surface area contributed by atoms with Gasteiger partial charge in [0.25, 0.3) is 6.54 Å². The second-order valence-electron chi connectivity index (χ2n) is 11.6. The van der Waals surface area contributed by atoms with Crippen LogP contribution in [0.2, 0.25) is 0 Å². The number of benzene rings is 1. The van der Waals surface area contributed by atoms with Crippen LogP contribution in [-0.4, -0.2) is 116 Å². The Morgan fingerprint density at radius 1 is 1.13 bits per heavy atom. The van der Waals surface area contributed by atoms with Crippen molar-refractivity contribution >= 4 is 63.0 Å². The van der Waals surface area contributed by atoms with Crippen LogP contribution in [-0.2, 0) is 37.5 Å². The highest BCUT2D eigenvalue weighted by Gasteiger charge is 2.54. The van der Waals surface area contributed by atoms with Crippen molar-refractivity contribution in [2.24, 2.45) is 5.14 Å². The molecule has 0 radical (unpaired) electrons. The summed E-state index contributed by atoms with van der Waals surface area (Å²) < 4.78 is 31.0. The van der Waals surface area contributed by atoms with Gasteiger partial charge in [0, 0.05) is 12.6 Å². The number of sulfonamides is 1. The first-order valence-electron chi connectivity index (χ1n) is 14.6. The highest BCUT2D eigenvalue weighted by Crippen LogP contribution is 2.34. The number of fused-ring (bicyclic) bond motifs is 1. The van der Waals surface area contributed by atoms with Crippen LogP contribution in [0, 0.1) is 0 Å². The van der Waals surface area contributed by atoms with Gasteiger partial charge in [0.1, 0.15) is 25.5 Å². The number of nitrogens with zero attached hydrogens (tertiary/aromatic N) is 5. The van der Waals surface area contributed by atoms with Gasteiger partial charge in [0.05, 0.1) is 11.4 Å². The third kappa shape index (κ3) is 8.11. The van der Waals surface area contributed by atoms with E-state index in [0.29, 0.717) is 49.2 Å². The number of imidazole rings is 1. The van der Waals surface area contributed by atoms with E-state index in [0.717, 1.165) is 11.7 Å². The van der Waals surface area contributed by atoms with E-state index in [1.54, 1.807) is 15.3 Å². The molecule has 3 unspecified atom stereocenters. The fourth-order valence-corrected chi connectivity index (χ4v) is 6.79. The molecule has 0 bridgehead atoms. The fourth-order valence-electron chi connectivity index (χ4n) is 6.02. The predicted octanol–water partition coefficient (Wildman–Crippen LogP) is -0.811. The van der Waals surface area contributed by atoms with E-state index < -0.39 is 34.0 Å². The molecule has 0 spiro atoms. The monoisotopic (exact) mass is 680 g/mol. The normalized spacial score (nSPS) is 19.8. The van der Waals surface area contributed by atoms with Crippen LogP contribution in [0.5, 0.6) is 0 Å². The van der Waals surface area contributed by atoms with Crippen LogP contribution >= 0.6 is 12.2 Å². The van der Waals surface area contributed by atoms with Crippen molar-refractivity contribution in [3.05, 3.63) is 42.5 Å². The topological polar surface area (TPSA) is 211 Å². The van der Waals surface area contributed by atoms with Gasteiger partial charge in [-0.05, 0) is 55.7 Å². The molecule has 1 aromatic heterocycles. The molecule has 3 atom stereocenters. The number of carboxylic acid groups (broad SMARTS) is 3. The van der Waals surface area contributed by atoms with E-state index in [1.807, 2.05) is 24.0 Å². The number of anilines is 1. The average Bonchev–Trinajstić information content (AvgIpc) is 3.59.